The van der Waals surface area contributed by atoms with Crippen molar-refractivity contribution in [2.75, 3.05) is 13.7 Å². The lowest BCUT2D eigenvalue weighted by molar-refractivity contribution is 0.158. The molecule has 1 aliphatic rings. The number of ether oxygens (including phenoxy) is 1. The molecule has 2 heteroatoms. The van der Waals surface area contributed by atoms with Gasteiger partial charge >= 0.3 is 0 Å². The number of methoxy groups -OCH3 is 1. The fourth-order valence-electron chi connectivity index (χ4n) is 2.18. The van der Waals surface area contributed by atoms with E-state index in [1.54, 1.807) is 7.11 Å². The summed E-state index contributed by atoms with van der Waals surface area (Å²) in [7, 11) is 1.78. The molecule has 0 aliphatic heterocycles. The Morgan fingerprint density at radius 2 is 2.23 bits per heavy atom. The zero-order valence-corrected chi connectivity index (χ0v) is 9.18. The maximum absolute atomic E-state index is 5.17. The molecule has 0 bridgehead atoms. The molecule has 1 rings (SSSR count). The molecule has 0 radical (unpaired) electrons. The van der Waals surface area contributed by atoms with Crippen LogP contribution in [0.3, 0.4) is 0 Å². The summed E-state index contributed by atoms with van der Waals surface area (Å²) in [5.74, 6) is 0.914. The van der Waals surface area contributed by atoms with Crippen molar-refractivity contribution in [2.24, 2.45) is 5.92 Å². The minimum atomic E-state index is 0.556. The monoisotopic (exact) mass is 185 g/mol. The van der Waals surface area contributed by atoms with E-state index in [1.165, 1.54) is 25.7 Å². The van der Waals surface area contributed by atoms with Crippen LogP contribution in [0.15, 0.2) is 0 Å². The van der Waals surface area contributed by atoms with Crippen LogP contribution >= 0.6 is 0 Å². The van der Waals surface area contributed by atoms with Crippen LogP contribution in [0.1, 0.15) is 39.5 Å². The van der Waals surface area contributed by atoms with Crippen molar-refractivity contribution in [3.05, 3.63) is 0 Å². The van der Waals surface area contributed by atoms with Gasteiger partial charge < -0.3 is 10.1 Å². The molecule has 1 N–H and O–H groups in total. The minimum absolute atomic E-state index is 0.556. The molecule has 0 aromatic heterocycles. The van der Waals surface area contributed by atoms with Crippen LogP contribution in [-0.4, -0.2) is 25.8 Å². The van der Waals surface area contributed by atoms with E-state index >= 15 is 0 Å². The predicted molar refractivity (Wildman–Crippen MR) is 55.9 cm³/mol. The molecule has 3 atom stereocenters. The van der Waals surface area contributed by atoms with E-state index in [9.17, 15) is 0 Å². The molecule has 13 heavy (non-hydrogen) atoms. The van der Waals surface area contributed by atoms with Crippen LogP contribution in [0.2, 0.25) is 0 Å². The Balaban J connectivity index is 2.21. The number of hydrogen-bond donors (Lipinski definition) is 1. The van der Waals surface area contributed by atoms with E-state index in [4.69, 9.17) is 4.74 Å². The van der Waals surface area contributed by atoms with Gasteiger partial charge in [0.05, 0.1) is 6.61 Å². The summed E-state index contributed by atoms with van der Waals surface area (Å²) in [6.45, 7) is 5.41. The van der Waals surface area contributed by atoms with Gasteiger partial charge in [0.25, 0.3) is 0 Å². The van der Waals surface area contributed by atoms with Gasteiger partial charge in [0.1, 0.15) is 0 Å². The molecular weight excluding hydrogens is 162 g/mol. The average molecular weight is 185 g/mol. The van der Waals surface area contributed by atoms with Crippen molar-refractivity contribution in [2.45, 2.75) is 51.6 Å². The summed E-state index contributed by atoms with van der Waals surface area (Å²) in [4.78, 5) is 0. The summed E-state index contributed by atoms with van der Waals surface area (Å²) in [5.41, 5.74) is 0. The summed E-state index contributed by atoms with van der Waals surface area (Å²) < 4.78 is 5.17. The first-order chi connectivity index (χ1) is 6.26. The lowest BCUT2D eigenvalue weighted by atomic mass is 10.1. The van der Waals surface area contributed by atoms with Gasteiger partial charge in [-0.05, 0) is 31.6 Å². The van der Waals surface area contributed by atoms with Gasteiger partial charge in [-0.2, -0.15) is 0 Å². The number of nitrogens with one attached hydrogen (secondary N) is 1. The molecule has 0 amide bonds. The third-order valence-electron chi connectivity index (χ3n) is 3.03. The fourth-order valence-corrected chi connectivity index (χ4v) is 2.18. The third kappa shape index (κ3) is 3.65. The summed E-state index contributed by atoms with van der Waals surface area (Å²) in [5, 5.41) is 3.67. The molecule has 0 saturated heterocycles. The first kappa shape index (κ1) is 11.0. The Morgan fingerprint density at radius 1 is 1.46 bits per heavy atom. The molecule has 0 aromatic carbocycles. The highest BCUT2D eigenvalue weighted by atomic mass is 16.5. The van der Waals surface area contributed by atoms with Crippen LogP contribution in [0.5, 0.6) is 0 Å². The van der Waals surface area contributed by atoms with Gasteiger partial charge in [-0.1, -0.05) is 13.8 Å². The van der Waals surface area contributed by atoms with Crippen LogP contribution in [0.4, 0.5) is 0 Å². The Bertz CT molecular complexity index is 136. The smallest absolute Gasteiger partial charge is 0.0615 e. The molecule has 0 aromatic rings. The Hall–Kier alpha value is -0.0800. The zero-order valence-electron chi connectivity index (χ0n) is 9.18. The predicted octanol–water partition coefficient (Wildman–Crippen LogP) is 2.19. The normalized spacial score (nSPS) is 30.7. The molecule has 1 fully saturated rings. The van der Waals surface area contributed by atoms with Crippen molar-refractivity contribution >= 4 is 0 Å². The second-order valence-corrected chi connectivity index (χ2v) is 4.34. The second kappa shape index (κ2) is 5.61. The molecule has 78 valence electrons. The SMILES string of the molecule is CC[C@@H](COC)N[C@@H]1CC[C@H](C)C1. The molecule has 1 saturated carbocycles. The van der Waals surface area contributed by atoms with E-state index < -0.39 is 0 Å². The first-order valence-corrected chi connectivity index (χ1v) is 5.51. The zero-order chi connectivity index (χ0) is 9.68. The maximum atomic E-state index is 5.17. The van der Waals surface area contributed by atoms with Crippen LogP contribution in [0, 0.1) is 5.92 Å². The van der Waals surface area contributed by atoms with Crippen molar-refractivity contribution in [1.29, 1.82) is 0 Å². The fraction of sp³-hybridized carbons (Fsp3) is 1.00. The summed E-state index contributed by atoms with van der Waals surface area (Å²) in [6.07, 6.45) is 5.25. The van der Waals surface area contributed by atoms with Gasteiger partial charge in [0, 0.05) is 19.2 Å². The Kier molecular flexibility index (Phi) is 4.74. The van der Waals surface area contributed by atoms with E-state index in [1.807, 2.05) is 0 Å². The minimum Gasteiger partial charge on any atom is -0.383 e. The van der Waals surface area contributed by atoms with Crippen LogP contribution in [0.25, 0.3) is 0 Å². The standard InChI is InChI=1S/C11H23NO/c1-4-10(8-13-3)12-11-6-5-9(2)7-11/h9-12H,4-8H2,1-3H3/t9-,10-,11+/m0/s1. The highest BCUT2D eigenvalue weighted by Crippen LogP contribution is 2.25. The lowest BCUT2D eigenvalue weighted by Gasteiger charge is -2.21. The second-order valence-electron chi connectivity index (χ2n) is 4.34. The van der Waals surface area contributed by atoms with Crippen LogP contribution < -0.4 is 5.32 Å². The van der Waals surface area contributed by atoms with Gasteiger partial charge in [-0.3, -0.25) is 0 Å². The largest absolute Gasteiger partial charge is 0.383 e. The molecule has 0 heterocycles. The number of rotatable bonds is 5. The first-order valence-electron chi connectivity index (χ1n) is 5.51. The molecular formula is C11H23NO. The molecule has 0 unspecified atom stereocenters. The summed E-state index contributed by atoms with van der Waals surface area (Å²) in [6, 6.07) is 1.30. The highest BCUT2D eigenvalue weighted by molar-refractivity contribution is 4.81. The lowest BCUT2D eigenvalue weighted by Crippen LogP contribution is -2.39. The van der Waals surface area contributed by atoms with Crippen LogP contribution in [-0.2, 0) is 4.74 Å². The van der Waals surface area contributed by atoms with Gasteiger partial charge in [0.2, 0.25) is 0 Å². The Labute approximate surface area is 82.0 Å². The van der Waals surface area contributed by atoms with Crippen molar-refractivity contribution in [3.8, 4) is 0 Å². The van der Waals surface area contributed by atoms with Gasteiger partial charge in [0.15, 0.2) is 0 Å². The average Bonchev–Trinajstić information content (AvgIpc) is 2.50. The molecule has 2 nitrogen and oxygen atoms in total. The van der Waals surface area contributed by atoms with E-state index in [-0.39, 0.29) is 0 Å². The van der Waals surface area contributed by atoms with Gasteiger partial charge in [-0.15, -0.1) is 0 Å². The van der Waals surface area contributed by atoms with E-state index in [2.05, 4.69) is 19.2 Å². The summed E-state index contributed by atoms with van der Waals surface area (Å²) >= 11 is 0. The molecule has 1 aliphatic carbocycles. The molecule has 0 spiro atoms. The number of hydrogen-bond acceptors (Lipinski definition) is 2. The van der Waals surface area contributed by atoms with Crippen molar-refractivity contribution in [3.63, 3.8) is 0 Å². The third-order valence-corrected chi connectivity index (χ3v) is 3.03. The Morgan fingerprint density at radius 3 is 2.69 bits per heavy atom. The topological polar surface area (TPSA) is 21.3 Å². The van der Waals surface area contributed by atoms with E-state index in [0.717, 1.165) is 18.6 Å². The quantitative estimate of drug-likeness (QED) is 0.709. The van der Waals surface area contributed by atoms with E-state index in [0.29, 0.717) is 6.04 Å². The van der Waals surface area contributed by atoms with Crippen molar-refractivity contribution < 1.29 is 4.74 Å². The van der Waals surface area contributed by atoms with Crippen molar-refractivity contribution in [1.82, 2.24) is 5.32 Å². The van der Waals surface area contributed by atoms with Gasteiger partial charge in [-0.25, -0.2) is 0 Å². The highest BCUT2D eigenvalue weighted by Gasteiger charge is 2.22. The maximum Gasteiger partial charge on any atom is 0.0615 e.